The van der Waals surface area contributed by atoms with Gasteiger partial charge in [0.2, 0.25) is 0 Å². The number of likely N-dealkylation sites (N-methyl/N-ethyl adjacent to an activating group) is 1. The summed E-state index contributed by atoms with van der Waals surface area (Å²) < 4.78 is 0.904. The first-order valence-electron chi connectivity index (χ1n) is 7.15. The number of rotatable bonds is 3. The minimum Gasteiger partial charge on any atom is -0.365 e. The molecular weight excluding hydrogens is 414 g/mol. The highest BCUT2D eigenvalue weighted by molar-refractivity contribution is 9.10. The molecule has 1 aromatic carbocycles. The lowest BCUT2D eigenvalue weighted by molar-refractivity contribution is 0.1000. The van der Waals surface area contributed by atoms with E-state index in [1.165, 1.54) is 11.3 Å². The number of nitrogens with two attached hydrogens (primary N) is 1. The summed E-state index contributed by atoms with van der Waals surface area (Å²) in [5, 5.41) is 3.39. The number of fused-ring (bicyclic) bond motifs is 1. The maximum Gasteiger partial charge on any atom is 0.256 e. The number of primary amides is 1. The second-order valence-corrected chi connectivity index (χ2v) is 7.54. The first-order chi connectivity index (χ1) is 11.0. The first-order valence-corrected chi connectivity index (χ1v) is 8.76. The van der Waals surface area contributed by atoms with Gasteiger partial charge in [0.05, 0.1) is 5.56 Å². The molecule has 3 rings (SSSR count). The van der Waals surface area contributed by atoms with Crippen LogP contribution in [0.3, 0.4) is 0 Å². The molecule has 1 aliphatic heterocycles. The van der Waals surface area contributed by atoms with E-state index in [1.807, 2.05) is 7.05 Å². The van der Waals surface area contributed by atoms with Gasteiger partial charge in [0, 0.05) is 28.0 Å². The molecule has 8 heteroatoms. The van der Waals surface area contributed by atoms with Gasteiger partial charge in [-0.2, -0.15) is 0 Å². The van der Waals surface area contributed by atoms with Crippen LogP contribution in [0.25, 0.3) is 0 Å². The van der Waals surface area contributed by atoms with E-state index >= 15 is 0 Å². The number of carbonyl (C=O) groups is 2. The number of carbonyl (C=O) groups excluding carboxylic acids is 2. The average molecular weight is 431 g/mol. The van der Waals surface area contributed by atoms with Crippen LogP contribution >= 0.6 is 39.7 Å². The van der Waals surface area contributed by atoms with Crippen molar-refractivity contribution in [3.8, 4) is 0 Å². The molecule has 2 aromatic rings. The van der Waals surface area contributed by atoms with E-state index in [2.05, 4.69) is 26.1 Å². The normalized spacial score (nSPS) is 13.8. The molecule has 2 heterocycles. The first kappa shape index (κ1) is 18.9. The van der Waals surface area contributed by atoms with Crippen molar-refractivity contribution < 1.29 is 9.59 Å². The van der Waals surface area contributed by atoms with Crippen LogP contribution in [-0.2, 0) is 13.0 Å². The fraction of sp³-hybridized carbons (Fsp3) is 0.250. The number of hydrogen-bond donors (Lipinski definition) is 2. The molecule has 0 fully saturated rings. The van der Waals surface area contributed by atoms with E-state index < -0.39 is 5.91 Å². The van der Waals surface area contributed by atoms with Crippen LogP contribution in [0, 0.1) is 0 Å². The molecule has 1 aromatic heterocycles. The van der Waals surface area contributed by atoms with E-state index in [-0.39, 0.29) is 18.3 Å². The fourth-order valence-corrected chi connectivity index (χ4v) is 4.25. The number of benzene rings is 1. The Morgan fingerprint density at radius 3 is 2.58 bits per heavy atom. The number of amides is 2. The molecule has 0 spiro atoms. The molecule has 0 unspecified atom stereocenters. The zero-order valence-corrected chi connectivity index (χ0v) is 16.2. The molecule has 0 radical (unpaired) electrons. The smallest absolute Gasteiger partial charge is 0.256 e. The van der Waals surface area contributed by atoms with Gasteiger partial charge in [-0.15, -0.1) is 23.7 Å². The van der Waals surface area contributed by atoms with Gasteiger partial charge >= 0.3 is 0 Å². The van der Waals surface area contributed by atoms with E-state index in [1.54, 1.807) is 24.3 Å². The van der Waals surface area contributed by atoms with Gasteiger partial charge in [0.15, 0.2) is 0 Å². The zero-order valence-electron chi connectivity index (χ0n) is 13.0. The van der Waals surface area contributed by atoms with Gasteiger partial charge in [0.25, 0.3) is 11.8 Å². The number of halogens is 2. The molecule has 0 atom stereocenters. The third-order valence-electron chi connectivity index (χ3n) is 3.83. The second kappa shape index (κ2) is 7.65. The quantitative estimate of drug-likeness (QED) is 0.785. The SMILES string of the molecule is CN1CCc2c(sc(NC(=O)c3ccc(Br)cc3)c2C(N)=O)C1.Cl. The van der Waals surface area contributed by atoms with Gasteiger partial charge in [-0.3, -0.25) is 9.59 Å². The van der Waals surface area contributed by atoms with Crippen molar-refractivity contribution >= 4 is 56.5 Å². The number of nitrogens with one attached hydrogen (secondary N) is 1. The fourth-order valence-electron chi connectivity index (χ4n) is 2.66. The Balaban J connectivity index is 0.00000208. The highest BCUT2D eigenvalue weighted by Gasteiger charge is 2.26. The number of nitrogens with zero attached hydrogens (tertiary/aromatic N) is 1. The van der Waals surface area contributed by atoms with E-state index in [0.717, 1.165) is 34.4 Å². The summed E-state index contributed by atoms with van der Waals surface area (Å²) in [6.45, 7) is 1.65. The second-order valence-electron chi connectivity index (χ2n) is 5.52. The van der Waals surface area contributed by atoms with Crippen LogP contribution in [0.4, 0.5) is 5.00 Å². The lowest BCUT2D eigenvalue weighted by atomic mass is 10.0. The highest BCUT2D eigenvalue weighted by Crippen LogP contribution is 2.36. The summed E-state index contributed by atoms with van der Waals surface area (Å²) in [5.41, 5.74) is 7.52. The van der Waals surface area contributed by atoms with Crippen LogP contribution in [0.15, 0.2) is 28.7 Å². The largest absolute Gasteiger partial charge is 0.365 e. The Kier molecular flexibility index (Phi) is 6.03. The molecule has 128 valence electrons. The van der Waals surface area contributed by atoms with Crippen LogP contribution in [0.5, 0.6) is 0 Å². The molecular formula is C16H17BrClN3O2S. The van der Waals surface area contributed by atoms with Crippen LogP contribution in [0.1, 0.15) is 31.2 Å². The minimum atomic E-state index is -0.488. The number of thiophene rings is 1. The summed E-state index contributed by atoms with van der Waals surface area (Å²) in [4.78, 5) is 27.5. The van der Waals surface area contributed by atoms with Gasteiger partial charge in [-0.05, 0) is 43.3 Å². The summed E-state index contributed by atoms with van der Waals surface area (Å²) in [6.07, 6.45) is 0.773. The number of anilines is 1. The van der Waals surface area contributed by atoms with Crippen LogP contribution < -0.4 is 11.1 Å². The lowest BCUT2D eigenvalue weighted by Gasteiger charge is -2.22. The molecule has 3 N–H and O–H groups in total. The van der Waals surface area contributed by atoms with Crippen molar-refractivity contribution in [2.75, 3.05) is 18.9 Å². The molecule has 0 aliphatic carbocycles. The maximum atomic E-state index is 12.4. The Morgan fingerprint density at radius 1 is 1.29 bits per heavy atom. The molecule has 0 saturated carbocycles. The Bertz CT molecular complexity index is 776. The molecule has 5 nitrogen and oxygen atoms in total. The van der Waals surface area contributed by atoms with Crippen molar-refractivity contribution in [3.63, 3.8) is 0 Å². The Morgan fingerprint density at radius 2 is 1.96 bits per heavy atom. The molecule has 0 saturated heterocycles. The standard InChI is InChI=1S/C16H16BrN3O2S.ClH/c1-20-7-6-11-12(8-20)23-16(13(11)14(18)21)19-15(22)9-2-4-10(17)5-3-9;/h2-5H,6-8H2,1H3,(H2,18,21)(H,19,22);1H. The van der Waals surface area contributed by atoms with Crippen LogP contribution in [-0.4, -0.2) is 30.3 Å². The predicted octanol–water partition coefficient (Wildman–Crippen LogP) is 3.27. The van der Waals surface area contributed by atoms with Crippen molar-refractivity contribution in [3.05, 3.63) is 50.3 Å². The molecule has 2 amide bonds. The summed E-state index contributed by atoms with van der Waals surface area (Å²) in [7, 11) is 2.03. The zero-order chi connectivity index (χ0) is 16.6. The van der Waals surface area contributed by atoms with E-state index in [9.17, 15) is 9.59 Å². The maximum absolute atomic E-state index is 12.4. The van der Waals surface area contributed by atoms with E-state index in [0.29, 0.717) is 16.1 Å². The average Bonchev–Trinajstić information content (AvgIpc) is 2.84. The van der Waals surface area contributed by atoms with Gasteiger partial charge < -0.3 is 16.0 Å². The van der Waals surface area contributed by atoms with Gasteiger partial charge in [-0.1, -0.05) is 15.9 Å². The Labute approximate surface area is 158 Å². The van der Waals surface area contributed by atoms with Gasteiger partial charge in [0.1, 0.15) is 5.00 Å². The molecule has 24 heavy (non-hydrogen) atoms. The lowest BCUT2D eigenvalue weighted by Crippen LogP contribution is -2.27. The molecule has 0 bridgehead atoms. The van der Waals surface area contributed by atoms with Crippen molar-refractivity contribution in [1.82, 2.24) is 4.90 Å². The third-order valence-corrected chi connectivity index (χ3v) is 5.49. The topological polar surface area (TPSA) is 75.4 Å². The van der Waals surface area contributed by atoms with Crippen molar-refractivity contribution in [2.45, 2.75) is 13.0 Å². The minimum absolute atomic E-state index is 0. The van der Waals surface area contributed by atoms with Crippen LogP contribution in [0.2, 0.25) is 0 Å². The summed E-state index contributed by atoms with van der Waals surface area (Å²) in [6, 6.07) is 7.06. The Hall–Kier alpha value is -1.41. The van der Waals surface area contributed by atoms with Crippen molar-refractivity contribution in [1.29, 1.82) is 0 Å². The number of hydrogen-bond acceptors (Lipinski definition) is 4. The van der Waals surface area contributed by atoms with E-state index in [4.69, 9.17) is 5.73 Å². The summed E-state index contributed by atoms with van der Waals surface area (Å²) >= 11 is 4.78. The third kappa shape index (κ3) is 3.80. The highest BCUT2D eigenvalue weighted by atomic mass is 79.9. The molecule has 1 aliphatic rings. The van der Waals surface area contributed by atoms with Crippen molar-refractivity contribution in [2.24, 2.45) is 5.73 Å². The van der Waals surface area contributed by atoms with Gasteiger partial charge in [-0.25, -0.2) is 0 Å². The summed E-state index contributed by atoms with van der Waals surface area (Å²) in [5.74, 6) is -0.731. The monoisotopic (exact) mass is 429 g/mol. The predicted molar refractivity (Wildman–Crippen MR) is 102 cm³/mol.